The number of amides is 1. The maximum absolute atomic E-state index is 13.7. The van der Waals surface area contributed by atoms with Gasteiger partial charge >= 0.3 is 0 Å². The third kappa shape index (κ3) is 3.13. The first-order valence-corrected chi connectivity index (χ1v) is 10.4. The first kappa shape index (κ1) is 18.7. The Kier molecular flexibility index (Phi) is 4.51. The molecule has 0 spiro atoms. The summed E-state index contributed by atoms with van der Waals surface area (Å²) in [5, 5.41) is 8.42. The molecule has 30 heavy (non-hydrogen) atoms. The Morgan fingerprint density at radius 1 is 1.23 bits per heavy atom. The number of nitrogens with one attached hydrogen (secondary N) is 1. The average molecular weight is 463 g/mol. The Bertz CT molecular complexity index is 1280. The summed E-state index contributed by atoms with van der Waals surface area (Å²) in [5.41, 5.74) is 4.99. The molecule has 1 N–H and O–H groups in total. The molecule has 1 fully saturated rings. The monoisotopic (exact) mass is 462 g/mol. The Morgan fingerprint density at radius 3 is 2.80 bits per heavy atom. The highest BCUT2D eigenvalue weighted by Crippen LogP contribution is 2.36. The van der Waals surface area contributed by atoms with Crippen molar-refractivity contribution in [2.24, 2.45) is 0 Å². The number of aromatic nitrogens is 5. The van der Waals surface area contributed by atoms with Crippen LogP contribution in [0.1, 0.15) is 34.2 Å². The molecule has 0 radical (unpaired) electrons. The summed E-state index contributed by atoms with van der Waals surface area (Å²) in [6.45, 7) is 6.60. The third-order valence-electron chi connectivity index (χ3n) is 5.33. The molecule has 7 nitrogen and oxygen atoms in total. The predicted octanol–water partition coefficient (Wildman–Crippen LogP) is 4.36. The zero-order chi connectivity index (χ0) is 20.8. The number of hydrogen-bond donors (Lipinski definition) is 1. The molecular weight excluding hydrogens is 444 g/mol. The SMILES string of the molecule is C=C1CC(c2nc3c(Br)cccc3[nH]2)N(C(=O)c2cc(C)ccc2-n2nccn2)C1. The number of fused-ring (bicyclic) bond motifs is 1. The lowest BCUT2D eigenvalue weighted by molar-refractivity contribution is 0.0732. The number of para-hydroxylation sites is 1. The topological polar surface area (TPSA) is 79.7 Å². The lowest BCUT2D eigenvalue weighted by Crippen LogP contribution is -2.32. The van der Waals surface area contributed by atoms with E-state index in [1.807, 2.05) is 48.2 Å². The number of likely N-dealkylation sites (tertiary alicyclic amines) is 1. The highest BCUT2D eigenvalue weighted by Gasteiger charge is 2.36. The molecule has 2 aromatic carbocycles. The van der Waals surface area contributed by atoms with Crippen molar-refractivity contribution >= 4 is 32.9 Å². The van der Waals surface area contributed by atoms with E-state index in [9.17, 15) is 4.79 Å². The van der Waals surface area contributed by atoms with Crippen molar-refractivity contribution in [2.75, 3.05) is 6.54 Å². The van der Waals surface area contributed by atoms with Gasteiger partial charge in [0.15, 0.2) is 0 Å². The number of imidazole rings is 1. The molecule has 1 atom stereocenters. The van der Waals surface area contributed by atoms with Gasteiger partial charge in [0, 0.05) is 11.0 Å². The summed E-state index contributed by atoms with van der Waals surface area (Å²) >= 11 is 3.55. The molecule has 5 rings (SSSR count). The minimum absolute atomic E-state index is 0.0887. The van der Waals surface area contributed by atoms with E-state index >= 15 is 0 Å². The maximum Gasteiger partial charge on any atom is 0.257 e. The van der Waals surface area contributed by atoms with Crippen LogP contribution in [-0.2, 0) is 0 Å². The van der Waals surface area contributed by atoms with E-state index in [2.05, 4.69) is 37.7 Å². The molecule has 1 amide bonds. The van der Waals surface area contributed by atoms with Crippen molar-refractivity contribution in [3.05, 3.63) is 82.4 Å². The van der Waals surface area contributed by atoms with Gasteiger partial charge in [0.05, 0.1) is 35.2 Å². The van der Waals surface area contributed by atoms with E-state index in [0.29, 0.717) is 24.2 Å². The van der Waals surface area contributed by atoms with E-state index in [-0.39, 0.29) is 11.9 Å². The second kappa shape index (κ2) is 7.21. The van der Waals surface area contributed by atoms with Gasteiger partial charge < -0.3 is 9.88 Å². The summed E-state index contributed by atoms with van der Waals surface area (Å²) in [7, 11) is 0. The van der Waals surface area contributed by atoms with Crippen LogP contribution in [0, 0.1) is 6.92 Å². The summed E-state index contributed by atoms with van der Waals surface area (Å²) in [5.74, 6) is 0.671. The van der Waals surface area contributed by atoms with Crippen molar-refractivity contribution in [2.45, 2.75) is 19.4 Å². The summed E-state index contributed by atoms with van der Waals surface area (Å²) in [6.07, 6.45) is 3.87. The van der Waals surface area contributed by atoms with Crippen molar-refractivity contribution < 1.29 is 4.79 Å². The van der Waals surface area contributed by atoms with Gasteiger partial charge in [0.1, 0.15) is 11.3 Å². The molecule has 0 saturated carbocycles. The summed E-state index contributed by atoms with van der Waals surface area (Å²) in [4.78, 5) is 25.2. The zero-order valence-corrected chi connectivity index (χ0v) is 17.9. The van der Waals surface area contributed by atoms with Crippen LogP contribution in [0.25, 0.3) is 16.7 Å². The highest BCUT2D eigenvalue weighted by atomic mass is 79.9. The van der Waals surface area contributed by atoms with Crippen molar-refractivity contribution in [1.29, 1.82) is 0 Å². The quantitative estimate of drug-likeness (QED) is 0.458. The van der Waals surface area contributed by atoms with Gasteiger partial charge in [-0.05, 0) is 53.5 Å². The molecule has 1 aliphatic rings. The van der Waals surface area contributed by atoms with E-state index in [1.165, 1.54) is 4.80 Å². The van der Waals surface area contributed by atoms with E-state index in [4.69, 9.17) is 4.98 Å². The van der Waals surface area contributed by atoms with Crippen LogP contribution in [0.2, 0.25) is 0 Å². The van der Waals surface area contributed by atoms with Crippen molar-refractivity contribution in [3.63, 3.8) is 0 Å². The standard InChI is InChI=1S/C22H19BrN6O/c1-13-6-7-18(29-24-8-9-25-29)15(10-13)22(30)28-12-14(2)11-19(28)21-26-17-5-3-4-16(23)20(17)27-21/h3-10,19H,2,11-12H2,1H3,(H,26,27). The number of nitrogens with zero attached hydrogens (tertiary/aromatic N) is 5. The van der Waals surface area contributed by atoms with Gasteiger partial charge in [0.25, 0.3) is 5.91 Å². The smallest absolute Gasteiger partial charge is 0.257 e. The number of aromatic amines is 1. The second-order valence-electron chi connectivity index (χ2n) is 7.50. The fourth-order valence-electron chi connectivity index (χ4n) is 3.92. The van der Waals surface area contributed by atoms with Crippen molar-refractivity contribution in [1.82, 2.24) is 29.9 Å². The molecule has 8 heteroatoms. The summed E-state index contributed by atoms with van der Waals surface area (Å²) in [6, 6.07) is 11.4. The normalized spacial score (nSPS) is 16.5. The Labute approximate surface area is 181 Å². The third-order valence-corrected chi connectivity index (χ3v) is 5.97. The predicted molar refractivity (Wildman–Crippen MR) is 117 cm³/mol. The summed E-state index contributed by atoms with van der Waals surface area (Å²) < 4.78 is 0.919. The molecule has 150 valence electrons. The Balaban J connectivity index is 1.57. The first-order valence-electron chi connectivity index (χ1n) is 9.60. The van der Waals surface area contributed by atoms with Crippen LogP contribution < -0.4 is 0 Å². The van der Waals surface area contributed by atoms with E-state index in [0.717, 1.165) is 32.5 Å². The van der Waals surface area contributed by atoms with Gasteiger partial charge in [-0.15, -0.1) is 0 Å². The number of benzene rings is 2. The zero-order valence-electron chi connectivity index (χ0n) is 16.3. The highest BCUT2D eigenvalue weighted by molar-refractivity contribution is 9.10. The molecule has 4 aromatic rings. The number of carbonyl (C=O) groups excluding carboxylic acids is 1. The van der Waals surface area contributed by atoms with E-state index in [1.54, 1.807) is 12.4 Å². The lowest BCUT2D eigenvalue weighted by Gasteiger charge is -2.24. The number of H-pyrrole nitrogens is 1. The number of hydrogen-bond acceptors (Lipinski definition) is 4. The minimum Gasteiger partial charge on any atom is -0.340 e. The van der Waals surface area contributed by atoms with Crippen LogP contribution in [0.5, 0.6) is 0 Å². The molecule has 2 aromatic heterocycles. The minimum atomic E-state index is -0.205. The van der Waals surface area contributed by atoms with Crippen LogP contribution in [0.15, 0.2) is 65.4 Å². The van der Waals surface area contributed by atoms with Gasteiger partial charge in [-0.25, -0.2) is 4.98 Å². The van der Waals surface area contributed by atoms with Crippen LogP contribution >= 0.6 is 15.9 Å². The van der Waals surface area contributed by atoms with Gasteiger partial charge in [0.2, 0.25) is 0 Å². The molecular formula is C22H19BrN6O. The van der Waals surface area contributed by atoms with Crippen LogP contribution in [-0.4, -0.2) is 42.3 Å². The fourth-order valence-corrected chi connectivity index (χ4v) is 4.38. The maximum atomic E-state index is 13.7. The molecule has 3 heterocycles. The number of halogens is 1. The average Bonchev–Trinajstić information content (AvgIpc) is 3.47. The molecule has 1 aliphatic heterocycles. The second-order valence-corrected chi connectivity index (χ2v) is 8.35. The molecule has 0 aliphatic carbocycles. The molecule has 0 bridgehead atoms. The fraction of sp³-hybridized carbons (Fsp3) is 0.182. The Morgan fingerprint density at radius 2 is 2.03 bits per heavy atom. The first-order chi connectivity index (χ1) is 14.5. The van der Waals surface area contributed by atoms with E-state index < -0.39 is 0 Å². The number of rotatable bonds is 3. The molecule has 1 saturated heterocycles. The van der Waals surface area contributed by atoms with Crippen LogP contribution in [0.4, 0.5) is 0 Å². The number of aryl methyl sites for hydroxylation is 1. The Hall–Kier alpha value is -3.26. The van der Waals surface area contributed by atoms with Gasteiger partial charge in [-0.1, -0.05) is 29.8 Å². The van der Waals surface area contributed by atoms with Gasteiger partial charge in [-0.3, -0.25) is 4.79 Å². The van der Waals surface area contributed by atoms with Gasteiger partial charge in [-0.2, -0.15) is 15.0 Å². The molecule has 1 unspecified atom stereocenters. The van der Waals surface area contributed by atoms with Crippen LogP contribution in [0.3, 0.4) is 0 Å². The largest absolute Gasteiger partial charge is 0.340 e. The van der Waals surface area contributed by atoms with Crippen molar-refractivity contribution in [3.8, 4) is 5.69 Å². The lowest BCUT2D eigenvalue weighted by atomic mass is 10.1. The number of carbonyl (C=O) groups is 1.